The summed E-state index contributed by atoms with van der Waals surface area (Å²) >= 11 is 12.0. The fourth-order valence-electron chi connectivity index (χ4n) is 4.50. The Kier molecular flexibility index (Phi) is 5.98. The second-order valence-electron chi connectivity index (χ2n) is 8.87. The second-order valence-corrected chi connectivity index (χ2v) is 9.66. The number of nitrogens with two attached hydrogens (primary N) is 1. The highest BCUT2D eigenvalue weighted by Gasteiger charge is 2.51. The molecule has 5 rings (SSSR count). The van der Waals surface area contributed by atoms with Crippen molar-refractivity contribution in [3.63, 3.8) is 0 Å². The van der Waals surface area contributed by atoms with E-state index in [1.807, 2.05) is 12.1 Å². The normalized spacial score (nSPS) is 16.0. The van der Waals surface area contributed by atoms with Gasteiger partial charge in [-0.3, -0.25) is 10.2 Å². The second kappa shape index (κ2) is 8.98. The van der Waals surface area contributed by atoms with Crippen LogP contribution in [0.2, 0.25) is 10.0 Å². The van der Waals surface area contributed by atoms with Crippen molar-refractivity contribution in [3.05, 3.63) is 75.4 Å². The summed E-state index contributed by atoms with van der Waals surface area (Å²) in [5.41, 5.74) is 8.28. The van der Waals surface area contributed by atoms with Crippen LogP contribution >= 0.6 is 23.2 Å². The van der Waals surface area contributed by atoms with Gasteiger partial charge in [-0.25, -0.2) is 9.97 Å². The molecule has 1 spiro atoms. The van der Waals surface area contributed by atoms with E-state index < -0.39 is 5.95 Å². The van der Waals surface area contributed by atoms with Crippen LogP contribution in [-0.2, 0) is 11.4 Å². The minimum Gasteiger partial charge on any atom is -0.489 e. The van der Waals surface area contributed by atoms with Gasteiger partial charge in [0, 0.05) is 66.4 Å². The molecule has 0 saturated carbocycles. The molecule has 0 radical (unpaired) electrons. The Bertz CT molecular complexity index is 1310. The molecule has 0 bridgehead atoms. The third-order valence-corrected chi connectivity index (χ3v) is 7.05. The molecule has 3 N–H and O–H groups in total. The zero-order valence-corrected chi connectivity index (χ0v) is 20.0. The minimum absolute atomic E-state index is 0.0774. The fourth-order valence-corrected chi connectivity index (χ4v) is 4.95. The zero-order chi connectivity index (χ0) is 24.7. The van der Waals surface area contributed by atoms with Crippen LogP contribution in [0.4, 0.5) is 15.9 Å². The number of carbonyl (C=O) groups is 1. The molecular weight excluding hydrogens is 494 g/mol. The van der Waals surface area contributed by atoms with Crippen molar-refractivity contribution in [2.24, 2.45) is 5.41 Å². The Morgan fingerprint density at radius 3 is 2.63 bits per heavy atom. The first-order valence-electron chi connectivity index (χ1n) is 10.8. The molecule has 3 aromatic rings. The van der Waals surface area contributed by atoms with E-state index in [-0.39, 0.29) is 33.3 Å². The number of benzene rings is 1. The average Bonchev–Trinajstić information content (AvgIpc) is 2.81. The van der Waals surface area contributed by atoms with Crippen LogP contribution in [-0.4, -0.2) is 53.2 Å². The van der Waals surface area contributed by atoms with Gasteiger partial charge in [-0.15, -0.1) is 0 Å². The summed E-state index contributed by atoms with van der Waals surface area (Å²) in [6.45, 7) is 3.24. The van der Waals surface area contributed by atoms with E-state index in [9.17, 15) is 9.18 Å². The third kappa shape index (κ3) is 4.37. The van der Waals surface area contributed by atoms with Crippen molar-refractivity contribution in [1.82, 2.24) is 14.9 Å². The molecule has 8 nitrogen and oxygen atoms in total. The zero-order valence-electron chi connectivity index (χ0n) is 18.5. The summed E-state index contributed by atoms with van der Waals surface area (Å²) in [6.07, 6.45) is 3.71. The maximum Gasteiger partial charge on any atom is 0.232 e. The van der Waals surface area contributed by atoms with Crippen molar-refractivity contribution < 1.29 is 13.9 Å². The van der Waals surface area contributed by atoms with E-state index in [1.54, 1.807) is 29.3 Å². The topological polar surface area (TPSA) is 108 Å². The molecule has 1 aromatic carbocycles. The van der Waals surface area contributed by atoms with Gasteiger partial charge in [0.1, 0.15) is 23.2 Å². The number of rotatable bonds is 7. The van der Waals surface area contributed by atoms with Gasteiger partial charge in [0.25, 0.3) is 0 Å². The summed E-state index contributed by atoms with van der Waals surface area (Å²) in [7, 11) is 0. The summed E-state index contributed by atoms with van der Waals surface area (Å²) in [5.74, 6) is 0.429. The number of likely N-dealkylation sites (tertiary alicyclic amines) is 1. The monoisotopic (exact) mass is 514 g/mol. The van der Waals surface area contributed by atoms with Crippen LogP contribution in [0.3, 0.4) is 0 Å². The number of nitrogens with one attached hydrogen (secondary N) is 1. The maximum absolute atomic E-state index is 13.7. The third-order valence-electron chi connectivity index (χ3n) is 6.34. The first-order chi connectivity index (χ1) is 16.8. The number of aromatic nitrogens is 2. The molecule has 0 aliphatic carbocycles. The smallest absolute Gasteiger partial charge is 0.232 e. The SMILES string of the molecule is N=C(c1ccc(N2CC3(CN(C=O)C3)C2)nc1)c1cc(OCc2c(Cl)cnc(F)c2Cl)ccc1N. The van der Waals surface area contributed by atoms with Gasteiger partial charge in [0.2, 0.25) is 12.4 Å². The Labute approximate surface area is 210 Å². The number of anilines is 2. The Hall–Kier alpha value is -3.43. The lowest BCUT2D eigenvalue weighted by molar-refractivity contribution is -0.130. The van der Waals surface area contributed by atoms with Crippen LogP contribution < -0.4 is 15.4 Å². The van der Waals surface area contributed by atoms with Crippen LogP contribution in [0, 0.1) is 16.8 Å². The van der Waals surface area contributed by atoms with Crippen molar-refractivity contribution in [2.75, 3.05) is 36.8 Å². The number of halogens is 3. The standard InChI is InChI=1S/C24H21Cl2FN6O2/c25-18-7-31-23(27)21(26)17(18)8-35-15-2-3-19(28)16(5-15)22(29)14-1-4-20(30-6-14)33-11-24(12-33)9-32(10-24)13-34/h1-7,13,29H,8-12,28H2. The molecule has 2 aliphatic heterocycles. The van der Waals surface area contributed by atoms with Crippen LogP contribution in [0.15, 0.2) is 42.7 Å². The number of hydrogen-bond acceptors (Lipinski definition) is 7. The lowest BCUT2D eigenvalue weighted by Gasteiger charge is -2.59. The van der Waals surface area contributed by atoms with Crippen molar-refractivity contribution in [2.45, 2.75) is 6.61 Å². The lowest BCUT2D eigenvalue weighted by atomic mass is 9.73. The Morgan fingerprint density at radius 1 is 1.17 bits per heavy atom. The number of carbonyl (C=O) groups excluding carboxylic acids is 1. The maximum atomic E-state index is 13.7. The molecule has 2 fully saturated rings. The highest BCUT2D eigenvalue weighted by Crippen LogP contribution is 2.40. The van der Waals surface area contributed by atoms with E-state index in [0.29, 0.717) is 22.6 Å². The number of hydrogen-bond donors (Lipinski definition) is 2. The Morgan fingerprint density at radius 2 is 1.94 bits per heavy atom. The van der Waals surface area contributed by atoms with Gasteiger partial charge in [0.05, 0.1) is 10.7 Å². The van der Waals surface area contributed by atoms with Gasteiger partial charge in [-0.05, 0) is 30.3 Å². The van der Waals surface area contributed by atoms with E-state index in [0.717, 1.165) is 38.4 Å². The quantitative estimate of drug-likeness (QED) is 0.215. The predicted molar refractivity (Wildman–Crippen MR) is 132 cm³/mol. The lowest BCUT2D eigenvalue weighted by Crippen LogP contribution is -2.72. The van der Waals surface area contributed by atoms with E-state index in [2.05, 4.69) is 14.9 Å². The van der Waals surface area contributed by atoms with E-state index in [4.69, 9.17) is 39.1 Å². The molecule has 35 heavy (non-hydrogen) atoms. The molecule has 1 amide bonds. The fraction of sp³-hybridized carbons (Fsp3) is 0.250. The number of pyridine rings is 2. The molecule has 2 saturated heterocycles. The molecule has 2 aromatic heterocycles. The molecule has 11 heteroatoms. The summed E-state index contributed by atoms with van der Waals surface area (Å²) in [6, 6.07) is 8.64. The first kappa shape index (κ1) is 23.3. The highest BCUT2D eigenvalue weighted by molar-refractivity contribution is 6.35. The highest BCUT2D eigenvalue weighted by atomic mass is 35.5. The molecule has 180 valence electrons. The van der Waals surface area contributed by atoms with Crippen molar-refractivity contribution in [3.8, 4) is 5.75 Å². The first-order valence-corrected chi connectivity index (χ1v) is 11.5. The molecule has 0 unspecified atom stereocenters. The average molecular weight is 515 g/mol. The van der Waals surface area contributed by atoms with Gasteiger partial charge in [0.15, 0.2) is 0 Å². The van der Waals surface area contributed by atoms with Crippen molar-refractivity contribution >= 4 is 46.8 Å². The summed E-state index contributed by atoms with van der Waals surface area (Å²) in [5, 5.41) is 8.65. The minimum atomic E-state index is -0.825. The van der Waals surface area contributed by atoms with Crippen LogP contribution in [0.25, 0.3) is 0 Å². The Balaban J connectivity index is 1.26. The van der Waals surface area contributed by atoms with Gasteiger partial charge in [-0.1, -0.05) is 23.2 Å². The van der Waals surface area contributed by atoms with Gasteiger partial charge >= 0.3 is 0 Å². The molecule has 0 atom stereocenters. The molecular formula is C24H21Cl2FN6O2. The van der Waals surface area contributed by atoms with Gasteiger partial charge in [-0.2, -0.15) is 4.39 Å². The van der Waals surface area contributed by atoms with E-state index >= 15 is 0 Å². The molecule has 2 aliphatic rings. The number of nitrogens with zero attached hydrogens (tertiary/aromatic N) is 4. The van der Waals surface area contributed by atoms with Crippen molar-refractivity contribution in [1.29, 1.82) is 5.41 Å². The van der Waals surface area contributed by atoms with Gasteiger partial charge < -0.3 is 20.3 Å². The number of nitrogen functional groups attached to an aromatic ring is 1. The van der Waals surface area contributed by atoms with Crippen LogP contribution in [0.5, 0.6) is 5.75 Å². The van der Waals surface area contributed by atoms with E-state index in [1.165, 1.54) is 6.20 Å². The van der Waals surface area contributed by atoms with Crippen LogP contribution in [0.1, 0.15) is 16.7 Å². The number of ether oxygens (including phenoxy) is 1. The largest absolute Gasteiger partial charge is 0.489 e. The predicted octanol–water partition coefficient (Wildman–Crippen LogP) is 3.78. The summed E-state index contributed by atoms with van der Waals surface area (Å²) in [4.78, 5) is 22.7. The summed E-state index contributed by atoms with van der Waals surface area (Å²) < 4.78 is 19.4. The number of amides is 1. The molecule has 4 heterocycles.